The number of rotatable bonds is 5. The highest BCUT2D eigenvalue weighted by molar-refractivity contribution is 6.31. The van der Waals surface area contributed by atoms with E-state index in [1.54, 1.807) is 18.6 Å². The van der Waals surface area contributed by atoms with E-state index in [0.717, 1.165) is 0 Å². The van der Waals surface area contributed by atoms with Crippen LogP contribution in [-0.4, -0.2) is 19.9 Å². The maximum atomic E-state index is 13.3. The molecule has 0 aliphatic heterocycles. The molecule has 0 bridgehead atoms. The van der Waals surface area contributed by atoms with Crippen LogP contribution in [-0.2, 0) is 0 Å². The molecule has 3 rings (SSSR count). The van der Waals surface area contributed by atoms with Gasteiger partial charge in [0.2, 0.25) is 5.95 Å². The van der Waals surface area contributed by atoms with Gasteiger partial charge in [-0.2, -0.15) is 4.98 Å². The Morgan fingerprint density at radius 1 is 1.19 bits per heavy atom. The van der Waals surface area contributed by atoms with Gasteiger partial charge in [0.25, 0.3) is 0 Å². The average molecular weight is 373 g/mol. The lowest BCUT2D eigenvalue weighted by Gasteiger charge is -2.17. The largest absolute Gasteiger partial charge is 0.403 e. The van der Waals surface area contributed by atoms with Gasteiger partial charge in [0.1, 0.15) is 12.1 Å². The van der Waals surface area contributed by atoms with E-state index in [0.29, 0.717) is 22.6 Å². The minimum Gasteiger partial charge on any atom is -0.403 e. The van der Waals surface area contributed by atoms with Gasteiger partial charge in [-0.25, -0.2) is 25.2 Å². The average Bonchev–Trinajstić information content (AvgIpc) is 2.65. The van der Waals surface area contributed by atoms with Gasteiger partial charge in [-0.15, -0.1) is 0 Å². The molecule has 0 radical (unpaired) electrons. The second-order valence-corrected chi connectivity index (χ2v) is 5.47. The third-order valence-corrected chi connectivity index (χ3v) is 3.60. The molecule has 26 heavy (non-hydrogen) atoms. The molecular formula is C16H14ClFN8. The summed E-state index contributed by atoms with van der Waals surface area (Å²) in [6, 6.07) is 4.19. The molecule has 0 saturated heterocycles. The lowest BCUT2D eigenvalue weighted by atomic mass is 10.1. The summed E-state index contributed by atoms with van der Waals surface area (Å²) >= 11 is 5.79. The van der Waals surface area contributed by atoms with Crippen molar-refractivity contribution in [1.82, 2.24) is 19.9 Å². The summed E-state index contributed by atoms with van der Waals surface area (Å²) in [4.78, 5) is 16.6. The number of hydrogen-bond acceptors (Lipinski definition) is 8. The Hall–Kier alpha value is -3.30. The summed E-state index contributed by atoms with van der Waals surface area (Å²) in [6.45, 7) is 0. The predicted octanol–water partition coefficient (Wildman–Crippen LogP) is 2.58. The van der Waals surface area contributed by atoms with Crippen molar-refractivity contribution in [3.05, 3.63) is 66.4 Å². The zero-order chi connectivity index (χ0) is 18.5. The van der Waals surface area contributed by atoms with Crippen LogP contribution in [0.25, 0.3) is 11.1 Å². The standard InChI is InChI=1S/C16H14ClFN8/c17-13-5-11(1-2-14(13)18)24-16-23-8-12(10-6-21-9-22-7-10)15(25-16)26(20)4-3-19/h1-9H,19-20H2,(H,23,24,25)/b4-3-. The van der Waals surface area contributed by atoms with Gasteiger partial charge in [-0.05, 0) is 18.2 Å². The van der Waals surface area contributed by atoms with Crippen LogP contribution in [0.2, 0.25) is 5.02 Å². The smallest absolute Gasteiger partial charge is 0.229 e. The third-order valence-electron chi connectivity index (χ3n) is 3.31. The Balaban J connectivity index is 2.00. The second kappa shape index (κ2) is 7.72. The van der Waals surface area contributed by atoms with E-state index in [-0.39, 0.29) is 11.0 Å². The molecule has 1 aromatic carbocycles. The monoisotopic (exact) mass is 372 g/mol. The van der Waals surface area contributed by atoms with Crippen molar-refractivity contribution in [2.45, 2.75) is 0 Å². The number of nitrogens with two attached hydrogens (primary N) is 2. The molecule has 0 saturated carbocycles. The highest BCUT2D eigenvalue weighted by Gasteiger charge is 2.14. The molecule has 0 amide bonds. The van der Waals surface area contributed by atoms with Crippen LogP contribution in [0.5, 0.6) is 0 Å². The number of aromatic nitrogens is 4. The van der Waals surface area contributed by atoms with Crippen molar-refractivity contribution in [3.8, 4) is 11.1 Å². The number of benzene rings is 1. The lowest BCUT2D eigenvalue weighted by Crippen LogP contribution is -2.26. The number of halogens is 2. The number of nitrogens with one attached hydrogen (secondary N) is 1. The van der Waals surface area contributed by atoms with Crippen molar-refractivity contribution in [2.75, 3.05) is 10.3 Å². The van der Waals surface area contributed by atoms with E-state index in [1.165, 1.54) is 41.9 Å². The molecule has 5 N–H and O–H groups in total. The topological polar surface area (TPSA) is 119 Å². The molecule has 0 spiro atoms. The minimum atomic E-state index is -0.514. The maximum Gasteiger partial charge on any atom is 0.229 e. The zero-order valence-electron chi connectivity index (χ0n) is 13.3. The molecule has 0 aliphatic rings. The SMILES string of the molecule is N/C=C\N(N)c1nc(Nc2ccc(F)c(Cl)c2)ncc1-c1cncnc1. The van der Waals surface area contributed by atoms with E-state index < -0.39 is 5.82 Å². The van der Waals surface area contributed by atoms with Gasteiger partial charge in [0.15, 0.2) is 5.82 Å². The Kier molecular flexibility index (Phi) is 5.20. The molecular weight excluding hydrogens is 359 g/mol. The van der Waals surface area contributed by atoms with Crippen molar-refractivity contribution < 1.29 is 4.39 Å². The fraction of sp³-hybridized carbons (Fsp3) is 0. The first-order valence-corrected chi connectivity index (χ1v) is 7.73. The Labute approximate surface area is 153 Å². The molecule has 0 unspecified atom stereocenters. The van der Waals surface area contributed by atoms with E-state index in [4.69, 9.17) is 23.2 Å². The summed E-state index contributed by atoms with van der Waals surface area (Å²) < 4.78 is 13.3. The Bertz CT molecular complexity index is 935. The van der Waals surface area contributed by atoms with E-state index in [9.17, 15) is 4.39 Å². The van der Waals surface area contributed by atoms with Crippen molar-refractivity contribution in [3.63, 3.8) is 0 Å². The fourth-order valence-corrected chi connectivity index (χ4v) is 2.32. The molecule has 10 heteroatoms. The minimum absolute atomic E-state index is 0.0141. The second-order valence-electron chi connectivity index (χ2n) is 5.06. The summed E-state index contributed by atoms with van der Waals surface area (Å²) in [5.41, 5.74) is 7.22. The van der Waals surface area contributed by atoms with E-state index in [1.807, 2.05) is 0 Å². The van der Waals surface area contributed by atoms with Crippen molar-refractivity contribution >= 4 is 29.1 Å². The summed E-state index contributed by atoms with van der Waals surface area (Å²) in [7, 11) is 0. The Morgan fingerprint density at radius 2 is 1.96 bits per heavy atom. The molecule has 2 heterocycles. The predicted molar refractivity (Wildman–Crippen MR) is 97.7 cm³/mol. The first-order chi connectivity index (χ1) is 12.6. The van der Waals surface area contributed by atoms with Crippen molar-refractivity contribution in [2.24, 2.45) is 11.6 Å². The van der Waals surface area contributed by atoms with Crippen LogP contribution in [0.4, 0.5) is 21.8 Å². The van der Waals surface area contributed by atoms with E-state index >= 15 is 0 Å². The van der Waals surface area contributed by atoms with Crippen LogP contribution >= 0.6 is 11.6 Å². The quantitative estimate of drug-likeness (QED) is 0.462. The molecule has 0 fully saturated rings. The number of nitrogens with zero attached hydrogens (tertiary/aromatic N) is 5. The molecule has 3 aromatic rings. The van der Waals surface area contributed by atoms with Gasteiger partial charge >= 0.3 is 0 Å². The van der Waals surface area contributed by atoms with Crippen LogP contribution in [0.3, 0.4) is 0 Å². The molecule has 0 atom stereocenters. The first-order valence-electron chi connectivity index (χ1n) is 7.35. The number of hydrogen-bond donors (Lipinski definition) is 3. The van der Waals surface area contributed by atoms with Gasteiger partial charge in [0.05, 0.1) is 5.02 Å². The zero-order valence-corrected chi connectivity index (χ0v) is 14.1. The van der Waals surface area contributed by atoms with Gasteiger partial charge in [0, 0.05) is 47.8 Å². The van der Waals surface area contributed by atoms with Crippen LogP contribution in [0.1, 0.15) is 0 Å². The van der Waals surface area contributed by atoms with E-state index in [2.05, 4.69) is 25.3 Å². The van der Waals surface area contributed by atoms with Crippen LogP contribution in [0, 0.1) is 5.82 Å². The normalized spacial score (nSPS) is 10.9. The summed E-state index contributed by atoms with van der Waals surface area (Å²) in [5.74, 6) is 6.08. The molecule has 8 nitrogen and oxygen atoms in total. The van der Waals surface area contributed by atoms with Gasteiger partial charge in [-0.3, -0.25) is 5.01 Å². The third kappa shape index (κ3) is 3.85. The maximum absolute atomic E-state index is 13.3. The fourth-order valence-electron chi connectivity index (χ4n) is 2.14. The van der Waals surface area contributed by atoms with Gasteiger partial charge < -0.3 is 11.1 Å². The highest BCUT2D eigenvalue weighted by atomic mass is 35.5. The number of anilines is 3. The first kappa shape index (κ1) is 17.5. The van der Waals surface area contributed by atoms with Gasteiger partial charge in [-0.1, -0.05) is 11.6 Å². The highest BCUT2D eigenvalue weighted by Crippen LogP contribution is 2.28. The Morgan fingerprint density at radius 3 is 2.65 bits per heavy atom. The summed E-state index contributed by atoms with van der Waals surface area (Å²) in [5, 5.41) is 4.17. The molecule has 132 valence electrons. The molecule has 0 aliphatic carbocycles. The van der Waals surface area contributed by atoms with Crippen LogP contribution < -0.4 is 21.9 Å². The van der Waals surface area contributed by atoms with Crippen molar-refractivity contribution in [1.29, 1.82) is 0 Å². The molecule has 2 aromatic heterocycles. The van der Waals surface area contributed by atoms with Crippen LogP contribution in [0.15, 0.2) is 55.5 Å². The number of hydrazine groups is 1. The lowest BCUT2D eigenvalue weighted by molar-refractivity contribution is 0.628. The summed E-state index contributed by atoms with van der Waals surface area (Å²) in [6.07, 6.45) is 8.93.